The van der Waals surface area contributed by atoms with E-state index in [2.05, 4.69) is 10.1 Å². The van der Waals surface area contributed by atoms with Crippen LogP contribution in [-0.4, -0.2) is 19.2 Å². The summed E-state index contributed by atoms with van der Waals surface area (Å²) in [5.74, 6) is -0.427. The second kappa shape index (κ2) is 4.06. The highest BCUT2D eigenvalue weighted by molar-refractivity contribution is 5.35. The Morgan fingerprint density at radius 3 is 2.94 bits per heavy atom. The standard InChI is InChI=1S/C12H9FN4O/c13-10-5-9(6-14-7-10)8-17-12(18)16-4-2-1-3-11(16)15-17/h1-7H,8H2. The van der Waals surface area contributed by atoms with Gasteiger partial charge in [-0.2, -0.15) is 0 Å². The quantitative estimate of drug-likeness (QED) is 0.677. The first-order chi connectivity index (χ1) is 8.74. The van der Waals surface area contributed by atoms with Crippen LogP contribution in [0.5, 0.6) is 0 Å². The maximum atomic E-state index is 13.0. The zero-order valence-electron chi connectivity index (χ0n) is 9.32. The van der Waals surface area contributed by atoms with E-state index in [0.717, 1.165) is 6.20 Å². The summed E-state index contributed by atoms with van der Waals surface area (Å²) in [5, 5.41) is 4.15. The van der Waals surface area contributed by atoms with Gasteiger partial charge in [0.15, 0.2) is 5.65 Å². The number of hydrogen-bond acceptors (Lipinski definition) is 3. The van der Waals surface area contributed by atoms with Crippen molar-refractivity contribution in [3.8, 4) is 0 Å². The largest absolute Gasteiger partial charge is 0.350 e. The molecule has 0 saturated carbocycles. The fourth-order valence-electron chi connectivity index (χ4n) is 1.79. The van der Waals surface area contributed by atoms with Crippen molar-refractivity contribution in [2.75, 3.05) is 0 Å². The third kappa shape index (κ3) is 1.77. The van der Waals surface area contributed by atoms with Gasteiger partial charge in [-0.1, -0.05) is 6.07 Å². The summed E-state index contributed by atoms with van der Waals surface area (Å²) in [7, 11) is 0. The number of pyridine rings is 2. The molecule has 5 nitrogen and oxygen atoms in total. The van der Waals surface area contributed by atoms with Crippen molar-refractivity contribution < 1.29 is 4.39 Å². The van der Waals surface area contributed by atoms with E-state index < -0.39 is 5.82 Å². The Morgan fingerprint density at radius 2 is 2.17 bits per heavy atom. The van der Waals surface area contributed by atoms with Crippen molar-refractivity contribution in [1.82, 2.24) is 19.2 Å². The van der Waals surface area contributed by atoms with Crippen LogP contribution >= 0.6 is 0 Å². The molecule has 0 aliphatic carbocycles. The molecule has 18 heavy (non-hydrogen) atoms. The van der Waals surface area contributed by atoms with Crippen molar-refractivity contribution in [3.05, 3.63) is 64.7 Å². The molecule has 3 heterocycles. The smallest absolute Gasteiger partial charge is 0.261 e. The van der Waals surface area contributed by atoms with Gasteiger partial charge >= 0.3 is 5.69 Å². The lowest BCUT2D eigenvalue weighted by Crippen LogP contribution is -2.21. The van der Waals surface area contributed by atoms with Crippen LogP contribution in [0.2, 0.25) is 0 Å². The van der Waals surface area contributed by atoms with Gasteiger partial charge in [-0.05, 0) is 23.8 Å². The molecule has 0 saturated heterocycles. The third-order valence-corrected chi connectivity index (χ3v) is 2.58. The summed E-state index contributed by atoms with van der Waals surface area (Å²) in [6.07, 6.45) is 4.28. The van der Waals surface area contributed by atoms with E-state index in [9.17, 15) is 9.18 Å². The summed E-state index contributed by atoms with van der Waals surface area (Å²) in [6, 6.07) is 6.63. The molecular formula is C12H9FN4O. The molecular weight excluding hydrogens is 235 g/mol. The van der Waals surface area contributed by atoms with Gasteiger partial charge in [-0.3, -0.25) is 9.38 Å². The van der Waals surface area contributed by atoms with Crippen LogP contribution in [0.15, 0.2) is 47.7 Å². The summed E-state index contributed by atoms with van der Waals surface area (Å²) in [5.41, 5.74) is 0.905. The van der Waals surface area contributed by atoms with E-state index in [1.54, 1.807) is 24.4 Å². The number of nitrogens with zero attached hydrogens (tertiary/aromatic N) is 4. The average molecular weight is 244 g/mol. The number of halogens is 1. The molecule has 0 bridgehead atoms. The van der Waals surface area contributed by atoms with Gasteiger partial charge in [-0.15, -0.1) is 5.10 Å². The minimum Gasteiger partial charge on any atom is -0.261 e. The number of aromatic nitrogens is 4. The highest BCUT2D eigenvalue weighted by Crippen LogP contribution is 2.03. The monoisotopic (exact) mass is 244 g/mol. The average Bonchev–Trinajstić information content (AvgIpc) is 2.67. The second-order valence-electron chi connectivity index (χ2n) is 3.88. The van der Waals surface area contributed by atoms with E-state index in [0.29, 0.717) is 11.2 Å². The Hall–Kier alpha value is -2.50. The fraction of sp³-hybridized carbons (Fsp3) is 0.0833. The fourth-order valence-corrected chi connectivity index (χ4v) is 1.79. The third-order valence-electron chi connectivity index (χ3n) is 2.58. The van der Waals surface area contributed by atoms with Crippen LogP contribution in [-0.2, 0) is 6.54 Å². The molecule has 90 valence electrons. The molecule has 0 atom stereocenters. The number of fused-ring (bicyclic) bond motifs is 1. The van der Waals surface area contributed by atoms with Gasteiger partial charge < -0.3 is 0 Å². The van der Waals surface area contributed by atoms with E-state index in [-0.39, 0.29) is 12.2 Å². The van der Waals surface area contributed by atoms with Crippen molar-refractivity contribution in [2.24, 2.45) is 0 Å². The molecule has 0 aliphatic rings. The summed E-state index contributed by atoms with van der Waals surface area (Å²) in [6.45, 7) is 0.200. The molecule has 3 rings (SSSR count). The first kappa shape index (κ1) is 10.6. The van der Waals surface area contributed by atoms with Gasteiger partial charge in [0.25, 0.3) is 0 Å². The molecule has 3 aromatic rings. The Kier molecular flexibility index (Phi) is 2.40. The minimum atomic E-state index is -0.427. The zero-order chi connectivity index (χ0) is 12.5. The first-order valence-corrected chi connectivity index (χ1v) is 5.38. The summed E-state index contributed by atoms with van der Waals surface area (Å²) < 4.78 is 15.7. The molecule has 0 aliphatic heterocycles. The lowest BCUT2D eigenvalue weighted by molar-refractivity contribution is 0.608. The van der Waals surface area contributed by atoms with E-state index in [4.69, 9.17) is 0 Å². The zero-order valence-corrected chi connectivity index (χ0v) is 9.32. The van der Waals surface area contributed by atoms with Crippen molar-refractivity contribution in [1.29, 1.82) is 0 Å². The van der Waals surface area contributed by atoms with Crippen molar-refractivity contribution in [2.45, 2.75) is 6.54 Å². The molecule has 0 aromatic carbocycles. The van der Waals surface area contributed by atoms with Gasteiger partial charge in [-0.25, -0.2) is 13.9 Å². The molecule has 0 spiro atoms. The number of rotatable bonds is 2. The molecule has 0 unspecified atom stereocenters. The van der Waals surface area contributed by atoms with Gasteiger partial charge in [0.05, 0.1) is 12.7 Å². The van der Waals surface area contributed by atoms with Gasteiger partial charge in [0.2, 0.25) is 0 Å². The van der Waals surface area contributed by atoms with E-state index in [1.165, 1.54) is 21.3 Å². The minimum absolute atomic E-state index is 0.200. The highest BCUT2D eigenvalue weighted by atomic mass is 19.1. The molecule has 0 N–H and O–H groups in total. The van der Waals surface area contributed by atoms with Gasteiger partial charge in [0.1, 0.15) is 5.82 Å². The van der Waals surface area contributed by atoms with Gasteiger partial charge in [0, 0.05) is 12.4 Å². The summed E-state index contributed by atoms with van der Waals surface area (Å²) in [4.78, 5) is 15.7. The number of hydrogen-bond donors (Lipinski definition) is 0. The van der Waals surface area contributed by atoms with Crippen LogP contribution in [0.3, 0.4) is 0 Å². The molecule has 3 aromatic heterocycles. The molecule has 0 radical (unpaired) electrons. The van der Waals surface area contributed by atoms with Crippen LogP contribution in [0.25, 0.3) is 5.65 Å². The first-order valence-electron chi connectivity index (χ1n) is 5.38. The van der Waals surface area contributed by atoms with Crippen molar-refractivity contribution in [3.63, 3.8) is 0 Å². The Bertz CT molecular complexity index is 762. The van der Waals surface area contributed by atoms with E-state index >= 15 is 0 Å². The lowest BCUT2D eigenvalue weighted by Gasteiger charge is -1.99. The molecule has 0 amide bonds. The predicted octanol–water partition coefficient (Wildman–Crippen LogP) is 1.08. The topological polar surface area (TPSA) is 52.2 Å². The molecule has 0 fully saturated rings. The highest BCUT2D eigenvalue weighted by Gasteiger charge is 2.06. The van der Waals surface area contributed by atoms with Crippen molar-refractivity contribution >= 4 is 5.65 Å². The Morgan fingerprint density at radius 1 is 1.28 bits per heavy atom. The normalized spacial score (nSPS) is 10.9. The maximum Gasteiger partial charge on any atom is 0.350 e. The van der Waals surface area contributed by atoms with Crippen LogP contribution < -0.4 is 5.69 Å². The van der Waals surface area contributed by atoms with Crippen LogP contribution in [0.1, 0.15) is 5.56 Å². The molecule has 6 heteroatoms. The SMILES string of the molecule is O=c1n(Cc2cncc(F)c2)nc2ccccn12. The Labute approximate surface area is 101 Å². The second-order valence-corrected chi connectivity index (χ2v) is 3.88. The van der Waals surface area contributed by atoms with Crippen LogP contribution in [0, 0.1) is 5.82 Å². The maximum absolute atomic E-state index is 13.0. The predicted molar refractivity (Wildman–Crippen MR) is 62.7 cm³/mol. The van der Waals surface area contributed by atoms with Crippen LogP contribution in [0.4, 0.5) is 4.39 Å². The Balaban J connectivity index is 2.05. The van der Waals surface area contributed by atoms with E-state index in [1.807, 2.05) is 0 Å². The lowest BCUT2D eigenvalue weighted by atomic mass is 10.3. The summed E-state index contributed by atoms with van der Waals surface area (Å²) >= 11 is 0.